The molecule has 20 heavy (non-hydrogen) atoms. The van der Waals surface area contributed by atoms with Gasteiger partial charge in [0, 0.05) is 12.8 Å². The lowest BCUT2D eigenvalue weighted by Gasteiger charge is -2.23. The van der Waals surface area contributed by atoms with Gasteiger partial charge in [0.1, 0.15) is 11.3 Å². The van der Waals surface area contributed by atoms with Gasteiger partial charge in [0.15, 0.2) is 9.84 Å². The zero-order chi connectivity index (χ0) is 15.1. The van der Waals surface area contributed by atoms with E-state index in [1.54, 1.807) is 31.6 Å². The van der Waals surface area contributed by atoms with E-state index in [2.05, 4.69) is 4.98 Å². The fraction of sp³-hybridized carbons (Fsp3) is 0.462. The molecule has 1 aromatic heterocycles. The first kappa shape index (κ1) is 14.6. The molecule has 0 aliphatic heterocycles. The number of nitrogens with zero attached hydrogens (tertiary/aromatic N) is 2. The molecule has 0 atom stereocenters. The average molecular weight is 297 g/mol. The largest absolute Gasteiger partial charge is 0.494 e. The third-order valence-electron chi connectivity index (χ3n) is 3.53. The Bertz CT molecular complexity index is 748. The van der Waals surface area contributed by atoms with Crippen molar-refractivity contribution < 1.29 is 13.2 Å². The van der Waals surface area contributed by atoms with Crippen molar-refractivity contribution in [2.45, 2.75) is 25.1 Å². The molecular weight excluding hydrogens is 278 g/mol. The van der Waals surface area contributed by atoms with Crippen molar-refractivity contribution in [3.63, 3.8) is 0 Å². The average Bonchev–Trinajstić information content (AvgIpc) is 2.64. The zero-order valence-electron chi connectivity index (χ0n) is 12.0. The minimum absolute atomic E-state index is 0.237. The molecule has 110 valence electrons. The van der Waals surface area contributed by atoms with Gasteiger partial charge in [-0.2, -0.15) is 0 Å². The number of aromatic nitrogens is 2. The number of anilines is 1. The van der Waals surface area contributed by atoms with E-state index in [0.717, 1.165) is 5.52 Å². The Morgan fingerprint density at radius 1 is 1.40 bits per heavy atom. The number of nitrogens with two attached hydrogens (primary N) is 1. The van der Waals surface area contributed by atoms with Crippen LogP contribution in [0.2, 0.25) is 0 Å². The van der Waals surface area contributed by atoms with Gasteiger partial charge >= 0.3 is 0 Å². The number of hydrogen-bond donors (Lipinski definition) is 1. The third-order valence-corrected chi connectivity index (χ3v) is 5.67. The highest BCUT2D eigenvalue weighted by molar-refractivity contribution is 7.92. The van der Waals surface area contributed by atoms with Crippen LogP contribution in [0.3, 0.4) is 0 Å². The number of para-hydroxylation sites is 1. The van der Waals surface area contributed by atoms with Crippen molar-refractivity contribution >= 4 is 26.8 Å². The maximum Gasteiger partial charge on any atom is 0.201 e. The smallest absolute Gasteiger partial charge is 0.201 e. The topological polar surface area (TPSA) is 87.2 Å². The molecule has 0 saturated carbocycles. The number of rotatable bonds is 4. The van der Waals surface area contributed by atoms with Gasteiger partial charge in [0.2, 0.25) is 5.95 Å². The molecule has 0 aliphatic rings. The lowest BCUT2D eigenvalue weighted by atomic mass is 10.2. The minimum Gasteiger partial charge on any atom is -0.494 e. The Morgan fingerprint density at radius 2 is 2.05 bits per heavy atom. The van der Waals surface area contributed by atoms with Crippen LogP contribution in [0, 0.1) is 0 Å². The molecule has 0 saturated heterocycles. The highest BCUT2D eigenvalue weighted by atomic mass is 32.2. The van der Waals surface area contributed by atoms with Crippen LogP contribution in [0.5, 0.6) is 5.75 Å². The molecule has 0 amide bonds. The summed E-state index contributed by atoms with van der Waals surface area (Å²) < 4.78 is 29.7. The molecule has 2 aromatic rings. The van der Waals surface area contributed by atoms with Crippen LogP contribution in [-0.2, 0) is 16.4 Å². The normalized spacial score (nSPS) is 12.8. The van der Waals surface area contributed by atoms with Crippen LogP contribution in [-0.4, -0.2) is 36.1 Å². The molecule has 1 aromatic carbocycles. The van der Waals surface area contributed by atoms with Crippen LogP contribution in [0.4, 0.5) is 5.95 Å². The number of ether oxygens (including phenoxy) is 1. The summed E-state index contributed by atoms with van der Waals surface area (Å²) in [5.74, 6) is 0.895. The first-order valence-corrected chi connectivity index (χ1v) is 8.05. The summed E-state index contributed by atoms with van der Waals surface area (Å²) in [6, 6.07) is 5.46. The summed E-state index contributed by atoms with van der Waals surface area (Å²) in [6.07, 6.45) is 1.23. The lowest BCUT2D eigenvalue weighted by Crippen LogP contribution is -2.36. The molecular formula is C13H19N3O3S. The summed E-state index contributed by atoms with van der Waals surface area (Å²) in [5.41, 5.74) is 7.33. The van der Waals surface area contributed by atoms with Crippen LogP contribution in [0.25, 0.3) is 11.0 Å². The third kappa shape index (κ3) is 2.33. The number of nitrogen functional groups attached to an aromatic ring is 1. The predicted octanol–water partition coefficient (Wildman–Crippen LogP) is 1.45. The van der Waals surface area contributed by atoms with E-state index in [1.165, 1.54) is 6.26 Å². The first-order valence-electron chi connectivity index (χ1n) is 6.15. The number of sulfone groups is 1. The summed E-state index contributed by atoms with van der Waals surface area (Å²) in [7, 11) is -1.66. The second-order valence-corrected chi connectivity index (χ2v) is 8.07. The molecule has 0 spiro atoms. The Kier molecular flexibility index (Phi) is 3.41. The Balaban J connectivity index is 2.59. The van der Waals surface area contributed by atoms with E-state index < -0.39 is 14.6 Å². The monoisotopic (exact) mass is 297 g/mol. The number of fused-ring (bicyclic) bond motifs is 1. The highest BCUT2D eigenvalue weighted by Crippen LogP contribution is 2.29. The SMILES string of the molecule is COc1cccc2c1nc(N)n2CC(C)(C)S(C)(=O)=O. The van der Waals surface area contributed by atoms with Crippen molar-refractivity contribution in [1.29, 1.82) is 0 Å². The first-order chi connectivity index (χ1) is 9.17. The van der Waals surface area contributed by atoms with E-state index in [0.29, 0.717) is 11.3 Å². The zero-order valence-corrected chi connectivity index (χ0v) is 12.9. The quantitative estimate of drug-likeness (QED) is 0.923. The summed E-state index contributed by atoms with van der Waals surface area (Å²) >= 11 is 0. The van der Waals surface area contributed by atoms with E-state index in [-0.39, 0.29) is 12.5 Å². The molecule has 7 heteroatoms. The van der Waals surface area contributed by atoms with Gasteiger partial charge in [-0.05, 0) is 26.0 Å². The summed E-state index contributed by atoms with van der Waals surface area (Å²) in [4.78, 5) is 4.27. The Hall–Kier alpha value is -1.76. The van der Waals surface area contributed by atoms with Crippen LogP contribution < -0.4 is 10.5 Å². The molecule has 0 unspecified atom stereocenters. The Labute approximate surface area is 118 Å². The standard InChI is InChI=1S/C13H19N3O3S/c1-13(2,20(4,17)18)8-16-9-6-5-7-10(19-3)11(9)15-12(16)14/h5-7H,8H2,1-4H3,(H2,14,15). The van der Waals surface area contributed by atoms with Gasteiger partial charge in [-0.25, -0.2) is 13.4 Å². The van der Waals surface area contributed by atoms with E-state index in [4.69, 9.17) is 10.5 Å². The number of imidazole rings is 1. The van der Waals surface area contributed by atoms with Crippen molar-refractivity contribution in [2.24, 2.45) is 0 Å². The fourth-order valence-corrected chi connectivity index (χ4v) is 2.33. The molecule has 0 radical (unpaired) electrons. The number of hydrogen-bond acceptors (Lipinski definition) is 5. The van der Waals surface area contributed by atoms with Gasteiger partial charge in [-0.1, -0.05) is 6.07 Å². The van der Waals surface area contributed by atoms with Crippen molar-refractivity contribution in [2.75, 3.05) is 19.1 Å². The molecule has 0 bridgehead atoms. The van der Waals surface area contributed by atoms with Crippen LogP contribution in [0.15, 0.2) is 18.2 Å². The molecule has 0 fully saturated rings. The number of methoxy groups -OCH3 is 1. The van der Waals surface area contributed by atoms with Crippen molar-refractivity contribution in [3.05, 3.63) is 18.2 Å². The van der Waals surface area contributed by atoms with Crippen LogP contribution >= 0.6 is 0 Å². The van der Waals surface area contributed by atoms with Gasteiger partial charge in [-0.3, -0.25) is 0 Å². The second-order valence-electron chi connectivity index (χ2n) is 5.42. The van der Waals surface area contributed by atoms with Gasteiger partial charge in [0.05, 0.1) is 17.4 Å². The van der Waals surface area contributed by atoms with E-state index in [9.17, 15) is 8.42 Å². The van der Waals surface area contributed by atoms with Crippen molar-refractivity contribution in [3.8, 4) is 5.75 Å². The molecule has 6 nitrogen and oxygen atoms in total. The van der Waals surface area contributed by atoms with Gasteiger partial charge in [-0.15, -0.1) is 0 Å². The summed E-state index contributed by atoms with van der Waals surface area (Å²) in [6.45, 7) is 3.59. The number of benzene rings is 1. The van der Waals surface area contributed by atoms with Crippen molar-refractivity contribution in [1.82, 2.24) is 9.55 Å². The predicted molar refractivity (Wildman–Crippen MR) is 79.6 cm³/mol. The summed E-state index contributed by atoms with van der Waals surface area (Å²) in [5, 5.41) is 0. The van der Waals surface area contributed by atoms with E-state index >= 15 is 0 Å². The van der Waals surface area contributed by atoms with Gasteiger partial charge in [0.25, 0.3) is 0 Å². The maximum atomic E-state index is 11.9. The fourth-order valence-electron chi connectivity index (χ4n) is 1.97. The molecule has 1 heterocycles. The minimum atomic E-state index is -3.21. The second kappa shape index (κ2) is 4.66. The van der Waals surface area contributed by atoms with Gasteiger partial charge < -0.3 is 15.0 Å². The Morgan fingerprint density at radius 3 is 2.60 bits per heavy atom. The lowest BCUT2D eigenvalue weighted by molar-refractivity contribution is 0.419. The van der Waals surface area contributed by atoms with Crippen LogP contribution in [0.1, 0.15) is 13.8 Å². The molecule has 0 aliphatic carbocycles. The highest BCUT2D eigenvalue weighted by Gasteiger charge is 2.32. The molecule has 2 rings (SSSR count). The van der Waals surface area contributed by atoms with E-state index in [1.807, 2.05) is 12.1 Å². The maximum absolute atomic E-state index is 11.9. The molecule has 2 N–H and O–H groups in total.